The molecule has 0 spiro atoms. The Morgan fingerprint density at radius 3 is 1.60 bits per heavy atom. The van der Waals surface area contributed by atoms with E-state index in [1.807, 2.05) is 12.2 Å². The second-order valence-electron chi connectivity index (χ2n) is 2.91. The van der Waals surface area contributed by atoms with E-state index in [0.717, 1.165) is 12.8 Å². The lowest BCUT2D eigenvalue weighted by molar-refractivity contribution is 0.0554. The number of hydrogen-bond donors (Lipinski definition) is 0. The normalized spacial score (nSPS) is 11.3. The van der Waals surface area contributed by atoms with Crippen LogP contribution in [0.5, 0.6) is 0 Å². The number of allylic oxidation sites excluding steroid dienone is 2. The van der Waals surface area contributed by atoms with Crippen LogP contribution in [0.25, 0.3) is 0 Å². The standard InChI is InChI=1S/C12H22O3/c1-3-5-7-13-9-11-15-12-10-14-8-6-4-2/h5-8H,3-4,9-12H2,1-2H3/b7-5+,8-6+. The van der Waals surface area contributed by atoms with Gasteiger partial charge in [-0.1, -0.05) is 26.0 Å². The quantitative estimate of drug-likeness (QED) is 0.413. The van der Waals surface area contributed by atoms with Crippen LogP contribution in [0.3, 0.4) is 0 Å². The molecule has 0 aromatic heterocycles. The maximum absolute atomic E-state index is 5.28. The van der Waals surface area contributed by atoms with Crippen LogP contribution in [0.2, 0.25) is 0 Å². The van der Waals surface area contributed by atoms with Crippen molar-refractivity contribution in [2.45, 2.75) is 26.7 Å². The van der Waals surface area contributed by atoms with Crippen molar-refractivity contribution in [3.8, 4) is 0 Å². The van der Waals surface area contributed by atoms with Crippen molar-refractivity contribution in [1.29, 1.82) is 0 Å². The Morgan fingerprint density at radius 2 is 1.20 bits per heavy atom. The van der Waals surface area contributed by atoms with Crippen LogP contribution in [0.1, 0.15) is 26.7 Å². The van der Waals surface area contributed by atoms with Gasteiger partial charge in [-0.3, -0.25) is 0 Å². The summed E-state index contributed by atoms with van der Waals surface area (Å²) in [6.45, 7) is 6.54. The van der Waals surface area contributed by atoms with E-state index in [1.165, 1.54) is 0 Å². The van der Waals surface area contributed by atoms with E-state index in [-0.39, 0.29) is 0 Å². The first kappa shape index (κ1) is 14.0. The molecule has 0 amide bonds. The van der Waals surface area contributed by atoms with Gasteiger partial charge in [0.1, 0.15) is 13.2 Å². The lowest BCUT2D eigenvalue weighted by Crippen LogP contribution is -2.06. The SMILES string of the molecule is CC/C=C/OCCOCCO/C=C/CC. The Kier molecular flexibility index (Phi) is 12.2. The highest BCUT2D eigenvalue weighted by Crippen LogP contribution is 1.85. The number of ether oxygens (including phenoxy) is 3. The first-order valence-corrected chi connectivity index (χ1v) is 5.52. The summed E-state index contributed by atoms with van der Waals surface area (Å²) < 4.78 is 15.6. The van der Waals surface area contributed by atoms with Crippen LogP contribution >= 0.6 is 0 Å². The molecule has 0 aliphatic heterocycles. The zero-order valence-electron chi connectivity index (χ0n) is 9.78. The van der Waals surface area contributed by atoms with Gasteiger partial charge >= 0.3 is 0 Å². The molecule has 0 atom stereocenters. The molecule has 0 bridgehead atoms. The van der Waals surface area contributed by atoms with Crippen LogP contribution in [0.4, 0.5) is 0 Å². The smallest absolute Gasteiger partial charge is 0.111 e. The molecule has 0 aliphatic carbocycles. The Morgan fingerprint density at radius 1 is 0.733 bits per heavy atom. The minimum absolute atomic E-state index is 0.599. The molecule has 0 N–H and O–H groups in total. The van der Waals surface area contributed by atoms with Crippen LogP contribution in [0, 0.1) is 0 Å². The van der Waals surface area contributed by atoms with E-state index in [4.69, 9.17) is 14.2 Å². The summed E-state index contributed by atoms with van der Waals surface area (Å²) in [5.74, 6) is 0. The predicted octanol–water partition coefficient (Wildman–Crippen LogP) is 2.88. The molecule has 88 valence electrons. The van der Waals surface area contributed by atoms with Crippen LogP contribution < -0.4 is 0 Å². The molecule has 0 aromatic rings. The number of rotatable bonds is 10. The summed E-state index contributed by atoms with van der Waals surface area (Å²) in [6, 6.07) is 0. The summed E-state index contributed by atoms with van der Waals surface area (Å²) in [7, 11) is 0. The van der Waals surface area contributed by atoms with Crippen molar-refractivity contribution in [3.05, 3.63) is 24.7 Å². The molecule has 0 unspecified atom stereocenters. The molecule has 0 radical (unpaired) electrons. The molecule has 15 heavy (non-hydrogen) atoms. The van der Waals surface area contributed by atoms with Crippen molar-refractivity contribution in [2.24, 2.45) is 0 Å². The van der Waals surface area contributed by atoms with Gasteiger partial charge in [0.2, 0.25) is 0 Å². The molecular weight excluding hydrogens is 192 g/mol. The lowest BCUT2D eigenvalue weighted by Gasteiger charge is -2.03. The van der Waals surface area contributed by atoms with Gasteiger partial charge < -0.3 is 14.2 Å². The molecule has 3 heteroatoms. The van der Waals surface area contributed by atoms with Gasteiger partial charge in [0, 0.05) is 0 Å². The van der Waals surface area contributed by atoms with E-state index in [2.05, 4.69) is 13.8 Å². The molecule has 0 aliphatic rings. The highest BCUT2D eigenvalue weighted by Gasteiger charge is 1.87. The van der Waals surface area contributed by atoms with E-state index in [0.29, 0.717) is 26.4 Å². The Labute approximate surface area is 92.7 Å². The third-order valence-corrected chi connectivity index (χ3v) is 1.55. The molecule has 0 rings (SSSR count). The van der Waals surface area contributed by atoms with Crippen molar-refractivity contribution >= 4 is 0 Å². The summed E-state index contributed by atoms with van der Waals surface area (Å²) in [4.78, 5) is 0. The average Bonchev–Trinajstić information content (AvgIpc) is 2.26. The van der Waals surface area contributed by atoms with E-state index >= 15 is 0 Å². The summed E-state index contributed by atoms with van der Waals surface area (Å²) in [6.07, 6.45) is 9.36. The lowest BCUT2D eigenvalue weighted by atomic mass is 10.5. The van der Waals surface area contributed by atoms with Gasteiger partial charge in [-0.2, -0.15) is 0 Å². The van der Waals surface area contributed by atoms with Crippen LogP contribution in [0.15, 0.2) is 24.7 Å². The van der Waals surface area contributed by atoms with E-state index in [1.54, 1.807) is 12.5 Å². The Hall–Kier alpha value is -0.960. The maximum Gasteiger partial charge on any atom is 0.111 e. The Bertz CT molecular complexity index is 146. The summed E-state index contributed by atoms with van der Waals surface area (Å²) in [5.41, 5.74) is 0. The first-order valence-electron chi connectivity index (χ1n) is 5.52. The first-order chi connectivity index (χ1) is 7.41. The highest BCUT2D eigenvalue weighted by molar-refractivity contribution is 4.70. The van der Waals surface area contributed by atoms with Gasteiger partial charge in [0.15, 0.2) is 0 Å². The van der Waals surface area contributed by atoms with Gasteiger partial charge in [0.25, 0.3) is 0 Å². The zero-order chi connectivity index (χ0) is 11.2. The molecule has 0 saturated carbocycles. The monoisotopic (exact) mass is 214 g/mol. The van der Waals surface area contributed by atoms with Crippen molar-refractivity contribution in [2.75, 3.05) is 26.4 Å². The summed E-state index contributed by atoms with van der Waals surface area (Å²) in [5, 5.41) is 0. The topological polar surface area (TPSA) is 27.7 Å². The molecular formula is C12H22O3. The molecule has 0 saturated heterocycles. The fourth-order valence-corrected chi connectivity index (χ4v) is 0.781. The van der Waals surface area contributed by atoms with E-state index < -0.39 is 0 Å². The third kappa shape index (κ3) is 13.0. The van der Waals surface area contributed by atoms with Crippen LogP contribution in [-0.4, -0.2) is 26.4 Å². The molecule has 0 heterocycles. The van der Waals surface area contributed by atoms with E-state index in [9.17, 15) is 0 Å². The minimum atomic E-state index is 0.599. The van der Waals surface area contributed by atoms with Crippen molar-refractivity contribution < 1.29 is 14.2 Å². The largest absolute Gasteiger partial charge is 0.499 e. The van der Waals surface area contributed by atoms with Gasteiger partial charge in [0.05, 0.1) is 25.7 Å². The fraction of sp³-hybridized carbons (Fsp3) is 0.667. The van der Waals surface area contributed by atoms with Crippen LogP contribution in [-0.2, 0) is 14.2 Å². The molecule has 3 nitrogen and oxygen atoms in total. The second kappa shape index (κ2) is 13.0. The highest BCUT2D eigenvalue weighted by atomic mass is 16.5. The number of hydrogen-bond acceptors (Lipinski definition) is 3. The molecule has 0 aromatic carbocycles. The maximum atomic E-state index is 5.28. The minimum Gasteiger partial charge on any atom is -0.499 e. The zero-order valence-corrected chi connectivity index (χ0v) is 9.78. The van der Waals surface area contributed by atoms with Gasteiger partial charge in [-0.05, 0) is 12.8 Å². The third-order valence-electron chi connectivity index (χ3n) is 1.55. The summed E-state index contributed by atoms with van der Waals surface area (Å²) >= 11 is 0. The fourth-order valence-electron chi connectivity index (χ4n) is 0.781. The average molecular weight is 214 g/mol. The Balaban J connectivity index is 2.98. The van der Waals surface area contributed by atoms with Crippen molar-refractivity contribution in [3.63, 3.8) is 0 Å². The molecule has 0 fully saturated rings. The van der Waals surface area contributed by atoms with Gasteiger partial charge in [-0.25, -0.2) is 0 Å². The second-order valence-corrected chi connectivity index (χ2v) is 2.91. The predicted molar refractivity (Wildman–Crippen MR) is 61.6 cm³/mol. The van der Waals surface area contributed by atoms with Gasteiger partial charge in [-0.15, -0.1) is 0 Å². The van der Waals surface area contributed by atoms with Crippen molar-refractivity contribution in [1.82, 2.24) is 0 Å².